The van der Waals surface area contributed by atoms with Crippen molar-refractivity contribution in [3.63, 3.8) is 0 Å². The van der Waals surface area contributed by atoms with Crippen molar-refractivity contribution in [2.75, 3.05) is 6.54 Å². The highest BCUT2D eigenvalue weighted by Crippen LogP contribution is 2.65. The normalized spacial score (nSPS) is 22.6. The lowest BCUT2D eigenvalue weighted by Crippen LogP contribution is -2.58. The number of rotatable bonds is 4. The van der Waals surface area contributed by atoms with E-state index in [1.54, 1.807) is 12.1 Å². The highest BCUT2D eigenvalue weighted by Gasteiger charge is 2.58. The second-order valence-electron chi connectivity index (χ2n) is 7.12. The van der Waals surface area contributed by atoms with Crippen molar-refractivity contribution in [2.24, 2.45) is 5.41 Å². The van der Waals surface area contributed by atoms with E-state index in [9.17, 15) is 4.39 Å². The van der Waals surface area contributed by atoms with Gasteiger partial charge in [0.25, 0.3) is 0 Å². The van der Waals surface area contributed by atoms with Crippen LogP contribution in [0.5, 0.6) is 0 Å². The summed E-state index contributed by atoms with van der Waals surface area (Å²) in [6, 6.07) is 5.48. The molecular weight excluding hydrogens is 273 g/mol. The lowest BCUT2D eigenvalue weighted by molar-refractivity contribution is -0.0502. The van der Waals surface area contributed by atoms with E-state index < -0.39 is 0 Å². The molecule has 2 fully saturated rings. The Kier molecular flexibility index (Phi) is 3.58. The molecule has 0 aromatic heterocycles. The molecule has 1 nitrogen and oxygen atoms in total. The minimum Gasteiger partial charge on any atom is -0.314 e. The van der Waals surface area contributed by atoms with Gasteiger partial charge in [0.05, 0.1) is 0 Å². The molecule has 0 amide bonds. The lowest BCUT2D eigenvalue weighted by atomic mass is 9.43. The quantitative estimate of drug-likeness (QED) is 0.850. The molecule has 0 atom stereocenters. The van der Waals surface area contributed by atoms with Crippen molar-refractivity contribution in [2.45, 2.75) is 57.4 Å². The first-order valence-electron chi connectivity index (χ1n) is 7.64. The maximum absolute atomic E-state index is 14.4. The van der Waals surface area contributed by atoms with E-state index in [-0.39, 0.29) is 11.2 Å². The summed E-state index contributed by atoms with van der Waals surface area (Å²) in [7, 11) is 0. The molecule has 2 saturated carbocycles. The molecule has 0 bridgehead atoms. The monoisotopic (exact) mass is 295 g/mol. The van der Waals surface area contributed by atoms with E-state index in [0.717, 1.165) is 24.9 Å². The van der Waals surface area contributed by atoms with E-state index in [4.69, 9.17) is 11.6 Å². The van der Waals surface area contributed by atoms with Crippen LogP contribution in [0.2, 0.25) is 5.02 Å². The second kappa shape index (κ2) is 4.99. The maximum atomic E-state index is 14.4. The number of halogens is 2. The van der Waals surface area contributed by atoms with Gasteiger partial charge in [-0.3, -0.25) is 0 Å². The van der Waals surface area contributed by atoms with Crippen LogP contribution >= 0.6 is 11.6 Å². The summed E-state index contributed by atoms with van der Waals surface area (Å²) in [6.07, 6.45) is 6.12. The van der Waals surface area contributed by atoms with Gasteiger partial charge < -0.3 is 5.32 Å². The number of nitrogens with one attached hydrogen (secondary N) is 1. The second-order valence-corrected chi connectivity index (χ2v) is 7.53. The predicted octanol–water partition coefficient (Wildman–Crippen LogP) is 4.68. The largest absolute Gasteiger partial charge is 0.314 e. The van der Waals surface area contributed by atoms with Crippen LogP contribution in [0.4, 0.5) is 4.39 Å². The predicted molar refractivity (Wildman–Crippen MR) is 81.7 cm³/mol. The van der Waals surface area contributed by atoms with Crippen molar-refractivity contribution in [3.05, 3.63) is 34.6 Å². The van der Waals surface area contributed by atoms with Crippen LogP contribution in [0.1, 0.15) is 51.5 Å². The number of hydrogen-bond acceptors (Lipinski definition) is 1. The van der Waals surface area contributed by atoms with Gasteiger partial charge in [-0.1, -0.05) is 37.9 Å². The van der Waals surface area contributed by atoms with Gasteiger partial charge in [-0.2, -0.15) is 0 Å². The lowest BCUT2D eigenvalue weighted by Gasteiger charge is -2.62. The third kappa shape index (κ3) is 2.27. The molecule has 0 radical (unpaired) electrons. The Bertz CT molecular complexity index is 479. The van der Waals surface area contributed by atoms with Crippen LogP contribution < -0.4 is 5.32 Å². The Labute approximate surface area is 125 Å². The standard InChI is InChI=1S/C17H23ClFN/c1-12(2)20-11-17(9-16(10-17)7-4-8-16)15-13(18)5-3-6-14(15)19/h3,5-6,12,20H,4,7-11H2,1-2H3. The highest BCUT2D eigenvalue weighted by atomic mass is 35.5. The summed E-state index contributed by atoms with van der Waals surface area (Å²) in [6.45, 7) is 5.09. The molecule has 3 heteroatoms. The Morgan fingerprint density at radius 3 is 2.50 bits per heavy atom. The smallest absolute Gasteiger partial charge is 0.128 e. The Morgan fingerprint density at radius 2 is 2.00 bits per heavy atom. The van der Waals surface area contributed by atoms with E-state index >= 15 is 0 Å². The Hall–Kier alpha value is -0.600. The molecule has 1 N–H and O–H groups in total. The highest BCUT2D eigenvalue weighted by molar-refractivity contribution is 6.31. The van der Waals surface area contributed by atoms with Crippen LogP contribution in [-0.4, -0.2) is 12.6 Å². The van der Waals surface area contributed by atoms with Gasteiger partial charge in [0.2, 0.25) is 0 Å². The molecular formula is C17H23ClFN. The van der Waals surface area contributed by atoms with Crippen molar-refractivity contribution >= 4 is 11.6 Å². The van der Waals surface area contributed by atoms with Crippen LogP contribution in [0, 0.1) is 11.2 Å². The molecule has 1 aromatic carbocycles. The van der Waals surface area contributed by atoms with Crippen molar-refractivity contribution in [1.82, 2.24) is 5.32 Å². The minimum absolute atomic E-state index is 0.104. The summed E-state index contributed by atoms with van der Waals surface area (Å²) >= 11 is 6.33. The molecule has 0 heterocycles. The van der Waals surface area contributed by atoms with E-state index in [2.05, 4.69) is 19.2 Å². The molecule has 0 aliphatic heterocycles. The zero-order chi connectivity index (χ0) is 14.4. The molecule has 3 rings (SSSR count). The summed E-state index contributed by atoms with van der Waals surface area (Å²) in [5.41, 5.74) is 1.13. The van der Waals surface area contributed by atoms with Gasteiger partial charge in [0.1, 0.15) is 5.82 Å². The first kappa shape index (κ1) is 14.3. The molecule has 1 spiro atoms. The summed E-state index contributed by atoms with van der Waals surface area (Å²) in [5, 5.41) is 4.09. The first-order valence-corrected chi connectivity index (χ1v) is 8.02. The van der Waals surface area contributed by atoms with Crippen molar-refractivity contribution in [3.8, 4) is 0 Å². The van der Waals surface area contributed by atoms with Crippen LogP contribution in [0.15, 0.2) is 18.2 Å². The average molecular weight is 296 g/mol. The third-order valence-corrected chi connectivity index (χ3v) is 5.50. The molecule has 20 heavy (non-hydrogen) atoms. The van der Waals surface area contributed by atoms with Gasteiger partial charge in [-0.15, -0.1) is 0 Å². The zero-order valence-electron chi connectivity index (χ0n) is 12.3. The van der Waals surface area contributed by atoms with Gasteiger partial charge in [0, 0.05) is 28.6 Å². The Morgan fingerprint density at radius 1 is 1.30 bits per heavy atom. The van der Waals surface area contributed by atoms with Gasteiger partial charge in [0.15, 0.2) is 0 Å². The molecule has 2 aliphatic carbocycles. The molecule has 2 aliphatic rings. The molecule has 0 saturated heterocycles. The van der Waals surface area contributed by atoms with Gasteiger partial charge >= 0.3 is 0 Å². The average Bonchev–Trinajstić information content (AvgIpc) is 2.27. The van der Waals surface area contributed by atoms with E-state index in [1.165, 1.54) is 19.3 Å². The van der Waals surface area contributed by atoms with E-state index in [0.29, 0.717) is 16.5 Å². The maximum Gasteiger partial charge on any atom is 0.128 e. The Balaban J connectivity index is 1.90. The fourth-order valence-electron chi connectivity index (χ4n) is 4.21. The SMILES string of the molecule is CC(C)NCC1(c2c(F)cccc2Cl)CC2(CCC2)C1. The molecule has 110 valence electrons. The topological polar surface area (TPSA) is 12.0 Å². The summed E-state index contributed by atoms with van der Waals surface area (Å²) in [5.74, 6) is -0.141. The zero-order valence-corrected chi connectivity index (χ0v) is 13.1. The minimum atomic E-state index is -0.141. The fourth-order valence-corrected chi connectivity index (χ4v) is 4.57. The summed E-state index contributed by atoms with van der Waals surface area (Å²) in [4.78, 5) is 0. The van der Waals surface area contributed by atoms with Gasteiger partial charge in [-0.05, 0) is 43.2 Å². The number of benzene rings is 1. The third-order valence-electron chi connectivity index (χ3n) is 5.18. The van der Waals surface area contributed by atoms with E-state index in [1.807, 2.05) is 6.07 Å². The first-order chi connectivity index (χ1) is 9.46. The van der Waals surface area contributed by atoms with Crippen molar-refractivity contribution < 1.29 is 4.39 Å². The fraction of sp³-hybridized carbons (Fsp3) is 0.647. The molecule has 1 aromatic rings. The number of hydrogen-bond donors (Lipinski definition) is 1. The summed E-state index contributed by atoms with van der Waals surface area (Å²) < 4.78 is 14.4. The molecule has 0 unspecified atom stereocenters. The van der Waals surface area contributed by atoms with Crippen LogP contribution in [-0.2, 0) is 5.41 Å². The van der Waals surface area contributed by atoms with Crippen LogP contribution in [0.25, 0.3) is 0 Å². The van der Waals surface area contributed by atoms with Gasteiger partial charge in [-0.25, -0.2) is 4.39 Å². The van der Waals surface area contributed by atoms with Crippen molar-refractivity contribution in [1.29, 1.82) is 0 Å². The van der Waals surface area contributed by atoms with Crippen LogP contribution in [0.3, 0.4) is 0 Å².